The van der Waals surface area contributed by atoms with Crippen molar-refractivity contribution in [2.75, 3.05) is 0 Å². The molecule has 1 aromatic heterocycles. The minimum atomic E-state index is 0.183. The SMILES string of the molecule is Cc1nc(CC(N)C2Cc3ccccc3S2)sc1C. The van der Waals surface area contributed by atoms with Gasteiger partial charge in [-0.1, -0.05) is 18.2 Å². The Bertz CT molecular complexity index is 547. The molecule has 19 heavy (non-hydrogen) atoms. The van der Waals surface area contributed by atoms with Gasteiger partial charge in [-0.05, 0) is 31.9 Å². The molecule has 3 rings (SSSR count). The number of fused-ring (bicyclic) bond motifs is 1. The Kier molecular flexibility index (Phi) is 3.65. The van der Waals surface area contributed by atoms with E-state index in [0.29, 0.717) is 5.25 Å². The maximum Gasteiger partial charge on any atom is 0.0946 e. The van der Waals surface area contributed by atoms with Crippen LogP contribution in [-0.2, 0) is 12.8 Å². The van der Waals surface area contributed by atoms with Crippen LogP contribution in [0.3, 0.4) is 0 Å². The lowest BCUT2D eigenvalue weighted by molar-refractivity contribution is 0.630. The predicted molar refractivity (Wildman–Crippen MR) is 83.1 cm³/mol. The van der Waals surface area contributed by atoms with Gasteiger partial charge in [-0.15, -0.1) is 23.1 Å². The van der Waals surface area contributed by atoms with Crippen LogP contribution < -0.4 is 5.73 Å². The molecule has 0 spiro atoms. The highest BCUT2D eigenvalue weighted by Gasteiger charge is 2.27. The van der Waals surface area contributed by atoms with E-state index in [9.17, 15) is 0 Å². The first kappa shape index (κ1) is 13.2. The second kappa shape index (κ2) is 5.27. The van der Waals surface area contributed by atoms with Crippen molar-refractivity contribution < 1.29 is 0 Å². The van der Waals surface area contributed by atoms with Crippen LogP contribution in [0, 0.1) is 13.8 Å². The van der Waals surface area contributed by atoms with E-state index in [4.69, 9.17) is 5.73 Å². The summed E-state index contributed by atoms with van der Waals surface area (Å²) in [5.74, 6) is 0. The average molecular weight is 290 g/mol. The number of aryl methyl sites for hydroxylation is 2. The third kappa shape index (κ3) is 2.71. The van der Waals surface area contributed by atoms with E-state index in [2.05, 4.69) is 43.1 Å². The fourth-order valence-electron chi connectivity index (χ4n) is 2.41. The van der Waals surface area contributed by atoms with Crippen LogP contribution in [0.1, 0.15) is 21.1 Å². The van der Waals surface area contributed by atoms with Gasteiger partial charge >= 0.3 is 0 Å². The highest BCUT2D eigenvalue weighted by Crippen LogP contribution is 2.38. The summed E-state index contributed by atoms with van der Waals surface area (Å²) in [5.41, 5.74) is 8.99. The summed E-state index contributed by atoms with van der Waals surface area (Å²) in [6.45, 7) is 4.20. The molecule has 2 unspecified atom stereocenters. The molecular formula is C15H18N2S2. The van der Waals surface area contributed by atoms with Crippen molar-refractivity contribution in [2.24, 2.45) is 5.73 Å². The predicted octanol–water partition coefficient (Wildman–Crippen LogP) is 3.35. The van der Waals surface area contributed by atoms with Crippen molar-refractivity contribution >= 4 is 23.1 Å². The zero-order chi connectivity index (χ0) is 13.4. The number of thiazole rings is 1. The molecule has 0 bridgehead atoms. The van der Waals surface area contributed by atoms with Crippen molar-refractivity contribution in [3.8, 4) is 0 Å². The van der Waals surface area contributed by atoms with E-state index in [1.54, 1.807) is 11.3 Å². The van der Waals surface area contributed by atoms with Crippen LogP contribution in [0.25, 0.3) is 0 Å². The van der Waals surface area contributed by atoms with Crippen molar-refractivity contribution in [2.45, 2.75) is 42.9 Å². The van der Waals surface area contributed by atoms with Gasteiger partial charge in [0.25, 0.3) is 0 Å². The molecule has 1 aliphatic heterocycles. The summed E-state index contributed by atoms with van der Waals surface area (Å²) >= 11 is 3.71. The molecule has 1 aliphatic rings. The number of hydrogen-bond donors (Lipinski definition) is 1. The molecule has 0 saturated carbocycles. The van der Waals surface area contributed by atoms with Crippen LogP contribution in [0.5, 0.6) is 0 Å². The topological polar surface area (TPSA) is 38.9 Å². The Morgan fingerprint density at radius 3 is 2.84 bits per heavy atom. The monoisotopic (exact) mass is 290 g/mol. The summed E-state index contributed by atoms with van der Waals surface area (Å²) in [5, 5.41) is 1.67. The Hall–Kier alpha value is -0.840. The number of aromatic nitrogens is 1. The summed E-state index contributed by atoms with van der Waals surface area (Å²) in [6.07, 6.45) is 1.98. The molecule has 0 amide bonds. The Labute approximate surface area is 122 Å². The molecular weight excluding hydrogens is 272 g/mol. The Morgan fingerprint density at radius 1 is 1.37 bits per heavy atom. The molecule has 0 aliphatic carbocycles. The first-order valence-corrected chi connectivity index (χ1v) is 8.26. The fraction of sp³-hybridized carbons (Fsp3) is 0.400. The number of rotatable bonds is 3. The summed E-state index contributed by atoms with van der Waals surface area (Å²) in [6, 6.07) is 8.81. The summed E-state index contributed by atoms with van der Waals surface area (Å²) in [7, 11) is 0. The van der Waals surface area contributed by atoms with Crippen LogP contribution in [-0.4, -0.2) is 16.3 Å². The van der Waals surface area contributed by atoms with E-state index in [0.717, 1.165) is 18.5 Å². The van der Waals surface area contributed by atoms with Gasteiger partial charge in [-0.2, -0.15) is 0 Å². The van der Waals surface area contributed by atoms with Crippen molar-refractivity contribution in [1.82, 2.24) is 4.98 Å². The molecule has 2 N–H and O–H groups in total. The van der Waals surface area contributed by atoms with E-state index in [-0.39, 0.29) is 6.04 Å². The zero-order valence-electron chi connectivity index (χ0n) is 11.2. The van der Waals surface area contributed by atoms with Gasteiger partial charge < -0.3 is 5.73 Å². The lowest BCUT2D eigenvalue weighted by Crippen LogP contribution is -2.34. The van der Waals surface area contributed by atoms with Crippen LogP contribution in [0.15, 0.2) is 29.2 Å². The molecule has 2 heterocycles. The molecule has 2 nitrogen and oxygen atoms in total. The second-order valence-corrected chi connectivity index (χ2v) is 7.65. The number of benzene rings is 1. The van der Waals surface area contributed by atoms with Gasteiger partial charge in [0.05, 0.1) is 10.7 Å². The van der Waals surface area contributed by atoms with Gasteiger partial charge in [0.2, 0.25) is 0 Å². The van der Waals surface area contributed by atoms with Gasteiger partial charge in [0.1, 0.15) is 0 Å². The lowest BCUT2D eigenvalue weighted by Gasteiger charge is -2.16. The van der Waals surface area contributed by atoms with Crippen molar-refractivity contribution in [3.05, 3.63) is 45.4 Å². The number of nitrogens with two attached hydrogens (primary N) is 1. The molecule has 0 radical (unpaired) electrons. The van der Waals surface area contributed by atoms with E-state index in [1.165, 1.54) is 20.3 Å². The van der Waals surface area contributed by atoms with Crippen LogP contribution in [0.2, 0.25) is 0 Å². The first-order valence-electron chi connectivity index (χ1n) is 6.56. The molecule has 0 fully saturated rings. The maximum absolute atomic E-state index is 6.40. The molecule has 0 saturated heterocycles. The highest BCUT2D eigenvalue weighted by molar-refractivity contribution is 8.00. The van der Waals surface area contributed by atoms with E-state index >= 15 is 0 Å². The normalized spacial score (nSPS) is 19.4. The average Bonchev–Trinajstić information content (AvgIpc) is 2.93. The van der Waals surface area contributed by atoms with Gasteiger partial charge in [0.15, 0.2) is 0 Å². The number of hydrogen-bond acceptors (Lipinski definition) is 4. The number of nitrogens with zero attached hydrogens (tertiary/aromatic N) is 1. The van der Waals surface area contributed by atoms with Crippen molar-refractivity contribution in [3.63, 3.8) is 0 Å². The molecule has 2 atom stereocenters. The molecule has 100 valence electrons. The third-order valence-corrected chi connectivity index (χ3v) is 6.20. The summed E-state index contributed by atoms with van der Waals surface area (Å²) in [4.78, 5) is 7.31. The minimum absolute atomic E-state index is 0.183. The third-order valence-electron chi connectivity index (χ3n) is 3.63. The quantitative estimate of drug-likeness (QED) is 0.942. The van der Waals surface area contributed by atoms with Gasteiger partial charge in [-0.3, -0.25) is 0 Å². The summed E-state index contributed by atoms with van der Waals surface area (Å²) < 4.78 is 0. The molecule has 1 aromatic carbocycles. The fourth-order valence-corrected chi connectivity index (χ4v) is 4.73. The first-order chi connectivity index (χ1) is 9.13. The van der Waals surface area contributed by atoms with Crippen LogP contribution >= 0.6 is 23.1 Å². The van der Waals surface area contributed by atoms with E-state index < -0.39 is 0 Å². The Morgan fingerprint density at radius 2 is 2.16 bits per heavy atom. The largest absolute Gasteiger partial charge is 0.326 e. The molecule has 2 aromatic rings. The minimum Gasteiger partial charge on any atom is -0.326 e. The molecule has 4 heteroatoms. The number of thioether (sulfide) groups is 1. The van der Waals surface area contributed by atoms with Crippen LogP contribution in [0.4, 0.5) is 0 Å². The lowest BCUT2D eigenvalue weighted by atomic mass is 10.0. The zero-order valence-corrected chi connectivity index (χ0v) is 12.9. The van der Waals surface area contributed by atoms with Crippen molar-refractivity contribution in [1.29, 1.82) is 0 Å². The van der Waals surface area contributed by atoms with Gasteiger partial charge in [-0.25, -0.2) is 4.98 Å². The standard InChI is InChI=1S/C15H18N2S2/c1-9-10(2)18-15(17-9)8-12(16)14-7-11-5-3-4-6-13(11)19-14/h3-6,12,14H,7-8,16H2,1-2H3. The second-order valence-electron chi connectivity index (χ2n) is 5.09. The Balaban J connectivity index is 1.68. The maximum atomic E-state index is 6.40. The smallest absolute Gasteiger partial charge is 0.0946 e. The van der Waals surface area contributed by atoms with E-state index in [1.807, 2.05) is 11.8 Å². The van der Waals surface area contributed by atoms with Gasteiger partial charge in [0, 0.05) is 27.5 Å². The highest BCUT2D eigenvalue weighted by atomic mass is 32.2.